The van der Waals surface area contributed by atoms with Crippen LogP contribution in [0.25, 0.3) is 11.4 Å². The van der Waals surface area contributed by atoms with Gasteiger partial charge in [0.2, 0.25) is 11.7 Å². The topological polar surface area (TPSA) is 81.4 Å². The van der Waals surface area contributed by atoms with Crippen molar-refractivity contribution in [3.63, 3.8) is 0 Å². The molecule has 0 saturated carbocycles. The van der Waals surface area contributed by atoms with E-state index >= 15 is 0 Å². The van der Waals surface area contributed by atoms with Gasteiger partial charge in [0, 0.05) is 30.1 Å². The molecule has 27 heavy (non-hydrogen) atoms. The summed E-state index contributed by atoms with van der Waals surface area (Å²) in [6.07, 6.45) is 5.10. The Morgan fingerprint density at radius 1 is 1.15 bits per heavy atom. The van der Waals surface area contributed by atoms with Crippen molar-refractivity contribution in [2.45, 2.75) is 32.1 Å². The smallest absolute Gasteiger partial charge is 0.254 e. The quantitative estimate of drug-likeness (QED) is 0.712. The number of aromatic nitrogens is 3. The van der Waals surface area contributed by atoms with Gasteiger partial charge in [-0.05, 0) is 42.2 Å². The molecule has 0 aliphatic carbocycles. The molecule has 0 bridgehead atoms. The van der Waals surface area contributed by atoms with E-state index in [4.69, 9.17) is 9.26 Å². The van der Waals surface area contributed by atoms with Crippen LogP contribution in [0.4, 0.5) is 0 Å². The number of carbonyl (C=O) groups is 1. The highest BCUT2D eigenvalue weighted by Crippen LogP contribution is 2.34. The summed E-state index contributed by atoms with van der Waals surface area (Å²) in [6.45, 7) is 1.74. The molecule has 5 rings (SSSR count). The number of amides is 1. The first-order chi connectivity index (χ1) is 13.3. The minimum atomic E-state index is -0.196. The molecule has 4 heterocycles. The Balaban J connectivity index is 1.44. The molecule has 1 amide bonds. The molecule has 7 nitrogen and oxygen atoms in total. The van der Waals surface area contributed by atoms with Crippen LogP contribution < -0.4 is 0 Å². The van der Waals surface area contributed by atoms with Crippen LogP contribution in [-0.4, -0.2) is 32.5 Å². The van der Waals surface area contributed by atoms with E-state index in [1.165, 1.54) is 0 Å². The summed E-state index contributed by atoms with van der Waals surface area (Å²) in [5.41, 5.74) is 3.64. The first-order valence-corrected chi connectivity index (χ1v) is 9.05. The number of pyridine rings is 1. The highest BCUT2D eigenvalue weighted by Gasteiger charge is 2.36. The van der Waals surface area contributed by atoms with E-state index in [0.29, 0.717) is 37.0 Å². The number of hydrogen-bond acceptors (Lipinski definition) is 6. The normalized spacial score (nSPS) is 18.7. The lowest BCUT2D eigenvalue weighted by molar-refractivity contribution is 0.0705. The molecule has 0 spiro atoms. The van der Waals surface area contributed by atoms with Gasteiger partial charge in [0.15, 0.2) is 0 Å². The second-order valence-corrected chi connectivity index (χ2v) is 6.78. The van der Waals surface area contributed by atoms with Crippen LogP contribution in [0.5, 0.6) is 0 Å². The largest absolute Gasteiger partial charge is 0.372 e. The third-order valence-electron chi connectivity index (χ3n) is 5.19. The molecule has 2 aliphatic rings. The lowest BCUT2D eigenvalue weighted by Gasteiger charge is -2.23. The molecule has 0 radical (unpaired) electrons. The number of hydrogen-bond donors (Lipinski definition) is 0. The van der Waals surface area contributed by atoms with Crippen LogP contribution in [0.3, 0.4) is 0 Å². The van der Waals surface area contributed by atoms with E-state index in [-0.39, 0.29) is 11.9 Å². The zero-order valence-electron chi connectivity index (χ0n) is 14.7. The molecular weight excluding hydrogens is 344 g/mol. The summed E-state index contributed by atoms with van der Waals surface area (Å²) < 4.78 is 11.0. The highest BCUT2D eigenvalue weighted by atomic mass is 16.5. The molecule has 1 saturated heterocycles. The van der Waals surface area contributed by atoms with Gasteiger partial charge in [0.25, 0.3) is 5.91 Å². The third-order valence-corrected chi connectivity index (χ3v) is 5.19. The summed E-state index contributed by atoms with van der Waals surface area (Å²) >= 11 is 0. The van der Waals surface area contributed by atoms with E-state index in [2.05, 4.69) is 15.1 Å². The van der Waals surface area contributed by atoms with Crippen molar-refractivity contribution in [2.24, 2.45) is 0 Å². The van der Waals surface area contributed by atoms with Crippen molar-refractivity contribution in [1.29, 1.82) is 0 Å². The average molecular weight is 362 g/mol. The highest BCUT2D eigenvalue weighted by molar-refractivity contribution is 5.96. The lowest BCUT2D eigenvalue weighted by Crippen LogP contribution is -2.31. The van der Waals surface area contributed by atoms with E-state index in [1.54, 1.807) is 12.4 Å². The monoisotopic (exact) mass is 362 g/mol. The molecule has 0 N–H and O–H groups in total. The molecule has 1 fully saturated rings. The Kier molecular flexibility index (Phi) is 3.94. The van der Waals surface area contributed by atoms with Crippen LogP contribution in [0.15, 0.2) is 47.2 Å². The van der Waals surface area contributed by atoms with E-state index in [1.807, 2.05) is 35.2 Å². The standard InChI is InChI=1S/C20H18N4O3/c25-20(15-4-1-3-14-11-26-12-16(14)15)24-10-2-5-17(24)19-22-18(23-27-19)13-6-8-21-9-7-13/h1,3-4,6-9,17H,2,5,10-12H2/t17-/m0/s1. The van der Waals surface area contributed by atoms with Crippen LogP contribution >= 0.6 is 0 Å². The number of fused-ring (bicyclic) bond motifs is 1. The van der Waals surface area contributed by atoms with E-state index in [0.717, 1.165) is 29.5 Å². The second kappa shape index (κ2) is 6.59. The molecule has 1 aromatic carbocycles. The van der Waals surface area contributed by atoms with Gasteiger partial charge in [-0.1, -0.05) is 17.3 Å². The molecule has 3 aromatic rings. The Labute approximate surface area is 156 Å². The predicted molar refractivity (Wildman–Crippen MR) is 95.5 cm³/mol. The summed E-state index contributed by atoms with van der Waals surface area (Å²) in [4.78, 5) is 23.6. The maximum atomic E-state index is 13.2. The summed E-state index contributed by atoms with van der Waals surface area (Å²) in [5.74, 6) is 1.00. The van der Waals surface area contributed by atoms with Gasteiger partial charge in [0.1, 0.15) is 6.04 Å². The first-order valence-electron chi connectivity index (χ1n) is 9.05. The van der Waals surface area contributed by atoms with Crippen LogP contribution in [0.2, 0.25) is 0 Å². The fourth-order valence-corrected chi connectivity index (χ4v) is 3.81. The van der Waals surface area contributed by atoms with Crippen molar-refractivity contribution < 1.29 is 14.1 Å². The number of ether oxygens (including phenoxy) is 1. The Bertz CT molecular complexity index is 986. The van der Waals surface area contributed by atoms with Gasteiger partial charge in [-0.15, -0.1) is 0 Å². The second-order valence-electron chi connectivity index (χ2n) is 6.78. The Hall–Kier alpha value is -3.06. The number of likely N-dealkylation sites (tertiary alicyclic amines) is 1. The maximum Gasteiger partial charge on any atom is 0.254 e. The first kappa shape index (κ1) is 16.1. The van der Waals surface area contributed by atoms with Crippen LogP contribution in [0.1, 0.15) is 46.3 Å². The van der Waals surface area contributed by atoms with Gasteiger partial charge in [-0.25, -0.2) is 0 Å². The van der Waals surface area contributed by atoms with Gasteiger partial charge in [0.05, 0.1) is 13.2 Å². The minimum absolute atomic E-state index is 0.00325. The lowest BCUT2D eigenvalue weighted by atomic mass is 10.0. The number of nitrogens with zero attached hydrogens (tertiary/aromatic N) is 4. The van der Waals surface area contributed by atoms with Crippen molar-refractivity contribution >= 4 is 5.91 Å². The number of rotatable bonds is 3. The molecular formula is C20H18N4O3. The predicted octanol–water partition coefficient (Wildman–Crippen LogP) is 3.14. The molecule has 1 atom stereocenters. The van der Waals surface area contributed by atoms with Gasteiger partial charge in [-0.3, -0.25) is 9.78 Å². The zero-order chi connectivity index (χ0) is 18.2. The van der Waals surface area contributed by atoms with E-state index < -0.39 is 0 Å². The molecule has 136 valence electrons. The van der Waals surface area contributed by atoms with Gasteiger partial charge in [-0.2, -0.15) is 4.98 Å². The summed E-state index contributed by atoms with van der Waals surface area (Å²) in [5, 5.41) is 4.08. The van der Waals surface area contributed by atoms with Crippen molar-refractivity contribution in [3.05, 3.63) is 65.3 Å². The summed E-state index contributed by atoms with van der Waals surface area (Å²) in [7, 11) is 0. The Morgan fingerprint density at radius 3 is 2.93 bits per heavy atom. The molecule has 0 unspecified atom stereocenters. The fraction of sp³-hybridized carbons (Fsp3) is 0.300. The molecule has 7 heteroatoms. The Morgan fingerprint density at radius 2 is 2.04 bits per heavy atom. The SMILES string of the molecule is O=C(c1cccc2c1COC2)N1CCC[C@H]1c1nc(-c2ccncc2)no1. The van der Waals surface area contributed by atoms with Crippen LogP contribution in [0, 0.1) is 0 Å². The number of carbonyl (C=O) groups excluding carboxylic acids is 1. The summed E-state index contributed by atoms with van der Waals surface area (Å²) in [6, 6.07) is 9.28. The van der Waals surface area contributed by atoms with Crippen molar-refractivity contribution in [3.8, 4) is 11.4 Å². The maximum absolute atomic E-state index is 13.2. The zero-order valence-corrected chi connectivity index (χ0v) is 14.7. The fourth-order valence-electron chi connectivity index (χ4n) is 3.81. The van der Waals surface area contributed by atoms with Gasteiger partial charge >= 0.3 is 0 Å². The van der Waals surface area contributed by atoms with Crippen molar-refractivity contribution in [1.82, 2.24) is 20.0 Å². The van der Waals surface area contributed by atoms with Crippen LogP contribution in [-0.2, 0) is 18.0 Å². The molecule has 2 aromatic heterocycles. The van der Waals surface area contributed by atoms with Gasteiger partial charge < -0.3 is 14.2 Å². The average Bonchev–Trinajstić information content (AvgIpc) is 3.47. The number of benzene rings is 1. The van der Waals surface area contributed by atoms with E-state index in [9.17, 15) is 4.79 Å². The third kappa shape index (κ3) is 2.80. The molecule has 2 aliphatic heterocycles. The van der Waals surface area contributed by atoms with Crippen molar-refractivity contribution in [2.75, 3.05) is 6.54 Å². The minimum Gasteiger partial charge on any atom is -0.372 e.